The van der Waals surface area contributed by atoms with Crippen LogP contribution in [0.4, 0.5) is 23.0 Å². The Kier molecular flexibility index (Phi) is 5.71. The van der Waals surface area contributed by atoms with Gasteiger partial charge in [0, 0.05) is 11.1 Å². The van der Waals surface area contributed by atoms with Gasteiger partial charge in [0.25, 0.3) is 0 Å². The molecule has 0 amide bonds. The van der Waals surface area contributed by atoms with Gasteiger partial charge in [-0.3, -0.25) is 4.68 Å². The molecule has 2 aromatic carbocycles. The third kappa shape index (κ3) is 4.43. The molecule has 2 heterocycles. The number of fused-ring (bicyclic) bond motifs is 1. The maximum atomic E-state index is 7.18. The van der Waals surface area contributed by atoms with Gasteiger partial charge in [0.2, 0.25) is 0 Å². The molecule has 31 heavy (non-hydrogen) atoms. The Hall–Kier alpha value is -4.45. The van der Waals surface area contributed by atoms with Crippen LogP contribution in [0.2, 0.25) is 0 Å². The molecular formula is C22H20N8O. The van der Waals surface area contributed by atoms with E-state index in [0.29, 0.717) is 36.0 Å². The largest absolute Gasteiger partial charge is 0.396 e. The van der Waals surface area contributed by atoms with Crippen LogP contribution in [-0.2, 0) is 11.4 Å². The molecule has 3 N–H and O–H groups in total. The maximum Gasteiger partial charge on any atom is 0.187 e. The van der Waals surface area contributed by atoms with Gasteiger partial charge >= 0.3 is 0 Å². The maximum absolute atomic E-state index is 7.18. The zero-order valence-electron chi connectivity index (χ0n) is 16.9. The molecule has 0 bridgehead atoms. The number of nitrogens with one attached hydrogen (secondary N) is 1. The molecule has 0 radical (unpaired) electrons. The molecule has 0 aliphatic heterocycles. The van der Waals surface area contributed by atoms with Crippen molar-refractivity contribution in [3.8, 4) is 0 Å². The standard InChI is InChI=1S/C22H20N8O/c1-3-31-28-12-19-21(23)25-14-26-22(19)29-18-7-8-20-16(10-18)11-27-30(20)13-15-5-4-6-17(9-15)24-2/h4-12,14H,3,13H2,1H3,(H3,23,25,26,29)/b28-12+. The highest BCUT2D eigenvalue weighted by Crippen LogP contribution is 2.25. The van der Waals surface area contributed by atoms with Crippen LogP contribution >= 0.6 is 0 Å². The fourth-order valence-electron chi connectivity index (χ4n) is 3.13. The van der Waals surface area contributed by atoms with Gasteiger partial charge in [-0.1, -0.05) is 29.4 Å². The summed E-state index contributed by atoms with van der Waals surface area (Å²) in [5.74, 6) is 0.829. The van der Waals surface area contributed by atoms with Crippen LogP contribution in [0.5, 0.6) is 0 Å². The summed E-state index contributed by atoms with van der Waals surface area (Å²) in [5.41, 5.74) is 9.98. The van der Waals surface area contributed by atoms with E-state index in [2.05, 4.69) is 30.4 Å². The van der Waals surface area contributed by atoms with Gasteiger partial charge in [-0.2, -0.15) is 5.10 Å². The molecule has 154 valence electrons. The van der Waals surface area contributed by atoms with E-state index in [1.807, 2.05) is 54.2 Å². The zero-order valence-corrected chi connectivity index (χ0v) is 16.9. The van der Waals surface area contributed by atoms with Crippen molar-refractivity contribution in [3.63, 3.8) is 0 Å². The number of anilines is 3. The lowest BCUT2D eigenvalue weighted by atomic mass is 10.2. The number of benzene rings is 2. The van der Waals surface area contributed by atoms with Gasteiger partial charge in [0.1, 0.15) is 24.6 Å². The van der Waals surface area contributed by atoms with E-state index in [1.54, 1.807) is 6.07 Å². The second-order valence-corrected chi connectivity index (χ2v) is 6.66. The third-order valence-electron chi connectivity index (χ3n) is 4.58. The lowest BCUT2D eigenvalue weighted by Crippen LogP contribution is -2.05. The van der Waals surface area contributed by atoms with Crippen LogP contribution in [0, 0.1) is 6.57 Å². The zero-order chi connectivity index (χ0) is 21.6. The Labute approximate surface area is 179 Å². The minimum atomic E-state index is 0.302. The van der Waals surface area contributed by atoms with Crippen LogP contribution in [0.3, 0.4) is 0 Å². The quantitative estimate of drug-likeness (QED) is 0.269. The first kappa shape index (κ1) is 19.8. The second-order valence-electron chi connectivity index (χ2n) is 6.66. The summed E-state index contributed by atoms with van der Waals surface area (Å²) in [6.45, 7) is 10.1. The number of nitrogens with two attached hydrogens (primary N) is 1. The van der Waals surface area contributed by atoms with Crippen molar-refractivity contribution in [3.05, 3.63) is 77.5 Å². The van der Waals surface area contributed by atoms with E-state index in [0.717, 1.165) is 22.2 Å². The summed E-state index contributed by atoms with van der Waals surface area (Å²) in [4.78, 5) is 16.8. The molecule has 0 aliphatic carbocycles. The highest BCUT2D eigenvalue weighted by atomic mass is 16.6. The van der Waals surface area contributed by atoms with Crippen LogP contribution in [0.15, 0.2) is 60.1 Å². The van der Waals surface area contributed by atoms with E-state index in [4.69, 9.17) is 17.1 Å². The predicted octanol–water partition coefficient (Wildman–Crippen LogP) is 4.12. The highest BCUT2D eigenvalue weighted by Gasteiger charge is 2.10. The van der Waals surface area contributed by atoms with Crippen molar-refractivity contribution in [1.82, 2.24) is 19.7 Å². The monoisotopic (exact) mass is 412 g/mol. The van der Waals surface area contributed by atoms with Crippen LogP contribution in [0.1, 0.15) is 18.1 Å². The summed E-state index contributed by atoms with van der Waals surface area (Å²) >= 11 is 0. The molecule has 0 unspecified atom stereocenters. The third-order valence-corrected chi connectivity index (χ3v) is 4.58. The molecule has 0 saturated heterocycles. The summed E-state index contributed by atoms with van der Waals surface area (Å²) in [5, 5.41) is 12.6. The summed E-state index contributed by atoms with van der Waals surface area (Å²) in [7, 11) is 0. The van der Waals surface area contributed by atoms with E-state index in [-0.39, 0.29) is 0 Å². The first-order valence-corrected chi connectivity index (χ1v) is 9.62. The molecule has 4 rings (SSSR count). The molecule has 0 aliphatic rings. The molecular weight excluding hydrogens is 392 g/mol. The van der Waals surface area contributed by atoms with Crippen LogP contribution < -0.4 is 11.1 Å². The number of hydrogen-bond acceptors (Lipinski definition) is 7. The Morgan fingerprint density at radius 3 is 3.00 bits per heavy atom. The molecule has 0 spiro atoms. The average Bonchev–Trinajstić information content (AvgIpc) is 3.18. The highest BCUT2D eigenvalue weighted by molar-refractivity contribution is 5.93. The molecule has 0 atom stereocenters. The van der Waals surface area contributed by atoms with Crippen molar-refractivity contribution in [2.75, 3.05) is 17.7 Å². The van der Waals surface area contributed by atoms with Crippen LogP contribution in [-0.4, -0.2) is 32.6 Å². The number of oxime groups is 1. The normalized spacial score (nSPS) is 11.0. The van der Waals surface area contributed by atoms with Crippen molar-refractivity contribution in [2.24, 2.45) is 5.16 Å². The number of rotatable bonds is 7. The van der Waals surface area contributed by atoms with Gasteiger partial charge < -0.3 is 15.9 Å². The number of nitrogens with zero attached hydrogens (tertiary/aromatic N) is 6. The minimum Gasteiger partial charge on any atom is -0.396 e. The van der Waals surface area contributed by atoms with Crippen molar-refractivity contribution < 1.29 is 4.84 Å². The lowest BCUT2D eigenvalue weighted by Gasteiger charge is -2.10. The molecule has 9 heteroatoms. The van der Waals surface area contributed by atoms with Crippen molar-refractivity contribution in [1.29, 1.82) is 0 Å². The van der Waals surface area contributed by atoms with Crippen LogP contribution in [0.25, 0.3) is 15.7 Å². The van der Waals surface area contributed by atoms with Crippen molar-refractivity contribution >= 4 is 40.1 Å². The second kappa shape index (κ2) is 8.92. The van der Waals surface area contributed by atoms with Gasteiger partial charge in [-0.15, -0.1) is 0 Å². The van der Waals surface area contributed by atoms with Gasteiger partial charge in [-0.25, -0.2) is 14.8 Å². The Morgan fingerprint density at radius 1 is 1.26 bits per heavy atom. The number of nitrogen functional groups attached to an aromatic ring is 1. The molecule has 0 saturated carbocycles. The summed E-state index contributed by atoms with van der Waals surface area (Å²) < 4.78 is 1.91. The number of aromatic nitrogens is 4. The molecule has 4 aromatic rings. The predicted molar refractivity (Wildman–Crippen MR) is 120 cm³/mol. The SMILES string of the molecule is [C-]#[N+]c1cccc(Cn2ncc3cc(Nc4ncnc(N)c4/C=N/OCC)ccc32)c1. The van der Waals surface area contributed by atoms with Gasteiger partial charge in [0.15, 0.2) is 5.69 Å². The topological polar surface area (TPSA) is 108 Å². The summed E-state index contributed by atoms with van der Waals surface area (Å²) in [6, 6.07) is 13.5. The van der Waals surface area contributed by atoms with E-state index in [9.17, 15) is 0 Å². The van der Waals surface area contributed by atoms with E-state index >= 15 is 0 Å². The van der Waals surface area contributed by atoms with Crippen molar-refractivity contribution in [2.45, 2.75) is 13.5 Å². The smallest absolute Gasteiger partial charge is 0.187 e. The number of hydrogen-bond donors (Lipinski definition) is 2. The van der Waals surface area contributed by atoms with Gasteiger partial charge in [-0.05, 0) is 30.7 Å². The Bertz CT molecular complexity index is 1290. The minimum absolute atomic E-state index is 0.302. The molecule has 0 fully saturated rings. The molecule has 9 nitrogen and oxygen atoms in total. The lowest BCUT2D eigenvalue weighted by molar-refractivity contribution is 0.160. The summed E-state index contributed by atoms with van der Waals surface area (Å²) in [6.07, 6.45) is 4.70. The molecule has 2 aromatic heterocycles. The first-order valence-electron chi connectivity index (χ1n) is 9.62. The fourth-order valence-corrected chi connectivity index (χ4v) is 3.13. The fraction of sp³-hybridized carbons (Fsp3) is 0.136. The van der Waals surface area contributed by atoms with E-state index in [1.165, 1.54) is 12.5 Å². The van der Waals surface area contributed by atoms with Gasteiger partial charge in [0.05, 0.1) is 36.6 Å². The Balaban J connectivity index is 1.59. The Morgan fingerprint density at radius 2 is 2.16 bits per heavy atom. The average molecular weight is 412 g/mol. The first-order chi connectivity index (χ1) is 15.2. The van der Waals surface area contributed by atoms with E-state index < -0.39 is 0 Å².